The molecule has 0 saturated heterocycles. The van der Waals surface area contributed by atoms with E-state index in [2.05, 4.69) is 25.5 Å². The molecule has 0 aromatic carbocycles. The molecule has 0 aliphatic carbocycles. The first-order valence-corrected chi connectivity index (χ1v) is 5.08. The Balaban J connectivity index is 2.32. The van der Waals surface area contributed by atoms with E-state index >= 15 is 0 Å². The Hall–Kier alpha value is -2.22. The number of hydrazine groups is 1. The molecule has 0 atom stereocenters. The number of nitrogens with zero attached hydrogens (tertiary/aromatic N) is 5. The van der Waals surface area contributed by atoms with Gasteiger partial charge in [-0.3, -0.25) is 4.68 Å². The summed E-state index contributed by atoms with van der Waals surface area (Å²) in [5.74, 6) is 6.30. The standard InChI is InChI=1S/C9H13N7O/c1-3-6-7(14-10)11-4-12-8(6)17-9-13-5-16(2)15-9/h4-5H,3,10H2,1-2H3,(H,11,12,14). The van der Waals surface area contributed by atoms with Gasteiger partial charge in [0.25, 0.3) is 0 Å². The first-order valence-electron chi connectivity index (χ1n) is 5.08. The zero-order chi connectivity index (χ0) is 12.3. The summed E-state index contributed by atoms with van der Waals surface area (Å²) in [6, 6.07) is 0.240. The number of nitrogens with two attached hydrogens (primary N) is 1. The number of anilines is 1. The third kappa shape index (κ3) is 2.31. The lowest BCUT2D eigenvalue weighted by molar-refractivity contribution is 0.416. The van der Waals surface area contributed by atoms with Gasteiger partial charge in [-0.05, 0) is 6.42 Å². The van der Waals surface area contributed by atoms with Crippen LogP contribution in [-0.2, 0) is 13.5 Å². The number of hydrogen-bond acceptors (Lipinski definition) is 7. The van der Waals surface area contributed by atoms with E-state index in [0.29, 0.717) is 18.1 Å². The number of ether oxygens (including phenoxy) is 1. The van der Waals surface area contributed by atoms with Crippen molar-refractivity contribution < 1.29 is 4.74 Å². The van der Waals surface area contributed by atoms with Crippen molar-refractivity contribution in [3.63, 3.8) is 0 Å². The van der Waals surface area contributed by atoms with Crippen LogP contribution in [0.4, 0.5) is 5.82 Å². The number of aryl methyl sites for hydroxylation is 1. The highest BCUT2D eigenvalue weighted by Gasteiger charge is 2.12. The van der Waals surface area contributed by atoms with Crippen molar-refractivity contribution in [2.24, 2.45) is 12.9 Å². The maximum atomic E-state index is 5.47. The normalized spacial score (nSPS) is 10.3. The first-order chi connectivity index (χ1) is 8.24. The maximum Gasteiger partial charge on any atom is 0.342 e. The van der Waals surface area contributed by atoms with Crippen molar-refractivity contribution in [2.45, 2.75) is 13.3 Å². The van der Waals surface area contributed by atoms with Crippen LogP contribution in [0, 0.1) is 0 Å². The fraction of sp³-hybridized carbons (Fsp3) is 0.333. The van der Waals surface area contributed by atoms with Crippen LogP contribution < -0.4 is 16.0 Å². The molecule has 2 aromatic rings. The molecule has 0 bridgehead atoms. The van der Waals surface area contributed by atoms with Gasteiger partial charge in [0.1, 0.15) is 18.5 Å². The Morgan fingerprint density at radius 3 is 2.82 bits per heavy atom. The van der Waals surface area contributed by atoms with Crippen molar-refractivity contribution in [2.75, 3.05) is 5.43 Å². The third-order valence-electron chi connectivity index (χ3n) is 2.16. The number of hydrogen-bond donors (Lipinski definition) is 2. The number of nitrogens with one attached hydrogen (secondary N) is 1. The van der Waals surface area contributed by atoms with E-state index < -0.39 is 0 Å². The van der Waals surface area contributed by atoms with Crippen LogP contribution in [0.2, 0.25) is 0 Å². The lowest BCUT2D eigenvalue weighted by atomic mass is 10.2. The second kappa shape index (κ2) is 4.74. The van der Waals surface area contributed by atoms with Crippen molar-refractivity contribution in [3.8, 4) is 11.9 Å². The predicted octanol–water partition coefficient (Wildman–Crippen LogP) is 0.245. The minimum Gasteiger partial charge on any atom is -0.404 e. The van der Waals surface area contributed by atoms with Crippen LogP contribution in [0.5, 0.6) is 11.9 Å². The Morgan fingerprint density at radius 1 is 1.41 bits per heavy atom. The van der Waals surface area contributed by atoms with Crippen molar-refractivity contribution in [1.29, 1.82) is 0 Å². The summed E-state index contributed by atoms with van der Waals surface area (Å²) in [5.41, 5.74) is 3.28. The Bertz CT molecular complexity index is 510. The van der Waals surface area contributed by atoms with Gasteiger partial charge in [0, 0.05) is 7.05 Å². The molecule has 8 nitrogen and oxygen atoms in total. The summed E-state index contributed by atoms with van der Waals surface area (Å²) in [7, 11) is 1.76. The highest BCUT2D eigenvalue weighted by atomic mass is 16.5. The van der Waals surface area contributed by atoms with Crippen LogP contribution in [0.25, 0.3) is 0 Å². The number of rotatable bonds is 4. The molecule has 3 N–H and O–H groups in total. The highest BCUT2D eigenvalue weighted by Crippen LogP contribution is 2.24. The number of nitrogen functional groups attached to an aromatic ring is 1. The zero-order valence-corrected chi connectivity index (χ0v) is 9.58. The predicted molar refractivity (Wildman–Crippen MR) is 60.3 cm³/mol. The minimum absolute atomic E-state index is 0.240. The topological polar surface area (TPSA) is 104 Å². The van der Waals surface area contributed by atoms with Crippen LogP contribution in [-0.4, -0.2) is 24.7 Å². The molecule has 0 spiro atoms. The van der Waals surface area contributed by atoms with Crippen LogP contribution in [0.1, 0.15) is 12.5 Å². The molecular weight excluding hydrogens is 222 g/mol. The molecule has 2 aromatic heterocycles. The Labute approximate surface area is 97.8 Å². The van der Waals surface area contributed by atoms with Gasteiger partial charge in [-0.1, -0.05) is 6.92 Å². The van der Waals surface area contributed by atoms with Gasteiger partial charge in [0.15, 0.2) is 0 Å². The van der Waals surface area contributed by atoms with Gasteiger partial charge in [0.05, 0.1) is 5.56 Å². The second-order valence-electron chi connectivity index (χ2n) is 3.31. The van der Waals surface area contributed by atoms with Crippen LogP contribution >= 0.6 is 0 Å². The molecule has 2 heterocycles. The summed E-state index contributed by atoms with van der Waals surface area (Å²) in [6.45, 7) is 1.96. The van der Waals surface area contributed by atoms with Crippen LogP contribution in [0.15, 0.2) is 12.7 Å². The first kappa shape index (κ1) is 11.3. The molecule has 0 aliphatic rings. The lowest BCUT2D eigenvalue weighted by Gasteiger charge is -2.09. The largest absolute Gasteiger partial charge is 0.404 e. The van der Waals surface area contributed by atoms with E-state index in [-0.39, 0.29) is 6.01 Å². The molecular formula is C9H13N7O. The van der Waals surface area contributed by atoms with Crippen molar-refractivity contribution >= 4 is 5.82 Å². The van der Waals surface area contributed by atoms with Gasteiger partial charge < -0.3 is 10.2 Å². The van der Waals surface area contributed by atoms with E-state index in [4.69, 9.17) is 10.6 Å². The average Bonchev–Trinajstić information content (AvgIpc) is 2.74. The average molecular weight is 235 g/mol. The molecule has 8 heteroatoms. The zero-order valence-electron chi connectivity index (χ0n) is 9.58. The van der Waals surface area contributed by atoms with E-state index in [9.17, 15) is 0 Å². The van der Waals surface area contributed by atoms with Gasteiger partial charge >= 0.3 is 6.01 Å². The lowest BCUT2D eigenvalue weighted by Crippen LogP contribution is -2.12. The van der Waals surface area contributed by atoms with E-state index in [1.165, 1.54) is 6.33 Å². The second-order valence-corrected chi connectivity index (χ2v) is 3.31. The fourth-order valence-corrected chi connectivity index (χ4v) is 1.38. The smallest absolute Gasteiger partial charge is 0.342 e. The van der Waals surface area contributed by atoms with Gasteiger partial charge in [-0.15, -0.1) is 5.10 Å². The monoisotopic (exact) mass is 235 g/mol. The van der Waals surface area contributed by atoms with E-state index in [0.717, 1.165) is 5.56 Å². The summed E-state index contributed by atoms with van der Waals surface area (Å²) >= 11 is 0. The Kier molecular flexibility index (Phi) is 3.15. The summed E-state index contributed by atoms with van der Waals surface area (Å²) in [4.78, 5) is 12.0. The molecule has 0 unspecified atom stereocenters. The quantitative estimate of drug-likeness (QED) is 0.578. The van der Waals surface area contributed by atoms with E-state index in [1.54, 1.807) is 18.1 Å². The third-order valence-corrected chi connectivity index (χ3v) is 2.16. The fourth-order valence-electron chi connectivity index (χ4n) is 1.38. The highest BCUT2D eigenvalue weighted by molar-refractivity contribution is 5.48. The summed E-state index contributed by atoms with van der Waals surface area (Å²) < 4.78 is 7.02. The molecule has 0 aliphatic heterocycles. The summed E-state index contributed by atoms with van der Waals surface area (Å²) in [5, 5.41) is 4.01. The molecule has 0 radical (unpaired) electrons. The van der Waals surface area contributed by atoms with Gasteiger partial charge in [0.2, 0.25) is 5.88 Å². The molecule has 0 fully saturated rings. The molecule has 2 rings (SSSR count). The van der Waals surface area contributed by atoms with E-state index in [1.807, 2.05) is 6.92 Å². The molecule has 0 saturated carbocycles. The van der Waals surface area contributed by atoms with Crippen LogP contribution in [0.3, 0.4) is 0 Å². The van der Waals surface area contributed by atoms with Crippen molar-refractivity contribution in [3.05, 3.63) is 18.2 Å². The minimum atomic E-state index is 0.240. The molecule has 0 amide bonds. The number of aromatic nitrogens is 5. The Morgan fingerprint density at radius 2 is 2.24 bits per heavy atom. The van der Waals surface area contributed by atoms with Gasteiger partial charge in [-0.2, -0.15) is 4.98 Å². The van der Waals surface area contributed by atoms with Crippen molar-refractivity contribution in [1.82, 2.24) is 24.7 Å². The molecule has 17 heavy (non-hydrogen) atoms. The SMILES string of the molecule is CCc1c(NN)ncnc1Oc1ncn(C)n1. The maximum absolute atomic E-state index is 5.47. The summed E-state index contributed by atoms with van der Waals surface area (Å²) in [6.07, 6.45) is 3.60. The van der Waals surface area contributed by atoms with Gasteiger partial charge in [-0.25, -0.2) is 15.8 Å². The molecule has 90 valence electrons.